The molecule has 0 aromatic carbocycles. The van der Waals surface area contributed by atoms with E-state index in [1.807, 2.05) is 18.2 Å². The van der Waals surface area contributed by atoms with E-state index in [1.54, 1.807) is 0 Å². The molecule has 2 rings (SSSR count). The molecule has 1 fully saturated rings. The molecule has 0 bridgehead atoms. The Morgan fingerprint density at radius 2 is 2.50 bits per heavy atom. The highest BCUT2D eigenvalue weighted by molar-refractivity contribution is 7.80. The van der Waals surface area contributed by atoms with E-state index in [0.29, 0.717) is 13.2 Å². The average Bonchev–Trinajstić information content (AvgIpc) is 2.67. The van der Waals surface area contributed by atoms with Crippen molar-refractivity contribution < 1.29 is 9.47 Å². The molecule has 1 aliphatic rings. The Hall–Kier alpha value is -0.580. The Bertz CT molecular complexity index is 300. The minimum atomic E-state index is 0.236. The van der Waals surface area contributed by atoms with Crippen LogP contribution in [0.5, 0.6) is 0 Å². The molecular weight excluding hydrogens is 198 g/mol. The molecule has 76 valence electrons. The third-order valence-corrected chi connectivity index (χ3v) is 2.40. The van der Waals surface area contributed by atoms with Crippen molar-refractivity contribution in [3.05, 3.63) is 23.9 Å². The highest BCUT2D eigenvalue weighted by Gasteiger charge is 2.15. The van der Waals surface area contributed by atoms with E-state index >= 15 is 0 Å². The molecule has 1 saturated heterocycles. The van der Waals surface area contributed by atoms with Gasteiger partial charge < -0.3 is 9.47 Å². The smallest absolute Gasteiger partial charge is 0.0933 e. The van der Waals surface area contributed by atoms with Crippen LogP contribution >= 0.6 is 12.6 Å². The fraction of sp³-hybridized carbons (Fsp3) is 0.500. The summed E-state index contributed by atoms with van der Waals surface area (Å²) >= 11 is 4.17. The van der Waals surface area contributed by atoms with Crippen LogP contribution in [0.3, 0.4) is 0 Å². The van der Waals surface area contributed by atoms with Gasteiger partial charge in [-0.1, -0.05) is 6.07 Å². The van der Waals surface area contributed by atoms with E-state index in [4.69, 9.17) is 9.47 Å². The maximum Gasteiger partial charge on any atom is 0.0933 e. The van der Waals surface area contributed by atoms with Crippen LogP contribution in [0.4, 0.5) is 0 Å². The number of aromatic nitrogens is 1. The number of ether oxygens (including phenoxy) is 2. The predicted molar refractivity (Wildman–Crippen MR) is 55.5 cm³/mol. The summed E-state index contributed by atoms with van der Waals surface area (Å²) in [6.07, 6.45) is 1.22. The van der Waals surface area contributed by atoms with Crippen molar-refractivity contribution in [3.63, 3.8) is 0 Å². The van der Waals surface area contributed by atoms with Crippen molar-refractivity contribution in [1.29, 1.82) is 0 Å². The minimum Gasteiger partial charge on any atom is -0.379 e. The van der Waals surface area contributed by atoms with Crippen LogP contribution in [0.2, 0.25) is 0 Å². The van der Waals surface area contributed by atoms with E-state index in [0.717, 1.165) is 23.7 Å². The molecule has 0 saturated carbocycles. The van der Waals surface area contributed by atoms with Gasteiger partial charge in [-0.25, -0.2) is 4.98 Å². The second-order valence-electron chi connectivity index (χ2n) is 3.28. The fourth-order valence-electron chi connectivity index (χ4n) is 1.39. The van der Waals surface area contributed by atoms with Gasteiger partial charge >= 0.3 is 0 Å². The van der Waals surface area contributed by atoms with Crippen molar-refractivity contribution in [2.75, 3.05) is 13.2 Å². The molecule has 4 heteroatoms. The van der Waals surface area contributed by atoms with Crippen molar-refractivity contribution in [1.82, 2.24) is 4.98 Å². The summed E-state index contributed by atoms with van der Waals surface area (Å²) in [6, 6.07) is 5.72. The van der Waals surface area contributed by atoms with E-state index in [9.17, 15) is 0 Å². The average molecular weight is 211 g/mol. The van der Waals surface area contributed by atoms with Gasteiger partial charge in [-0.2, -0.15) is 0 Å². The van der Waals surface area contributed by atoms with Crippen molar-refractivity contribution in [3.8, 4) is 0 Å². The number of thiol groups is 1. The van der Waals surface area contributed by atoms with Crippen LogP contribution in [-0.2, 0) is 16.1 Å². The SMILES string of the molecule is Sc1cccc(COC2CCOC2)n1. The normalized spacial score (nSPS) is 21.4. The maximum atomic E-state index is 5.62. The van der Waals surface area contributed by atoms with Crippen LogP contribution in [0, 0.1) is 0 Å². The van der Waals surface area contributed by atoms with Gasteiger partial charge in [0.1, 0.15) is 0 Å². The first-order chi connectivity index (χ1) is 6.84. The molecule has 0 aliphatic carbocycles. The van der Waals surface area contributed by atoms with E-state index < -0.39 is 0 Å². The number of hydrogen-bond donors (Lipinski definition) is 1. The lowest BCUT2D eigenvalue weighted by Crippen LogP contribution is -2.12. The number of nitrogens with zero attached hydrogens (tertiary/aromatic N) is 1. The Labute approximate surface area is 88.9 Å². The van der Waals surface area contributed by atoms with Gasteiger partial charge in [0.05, 0.1) is 30.0 Å². The first-order valence-electron chi connectivity index (χ1n) is 4.69. The van der Waals surface area contributed by atoms with Gasteiger partial charge in [0, 0.05) is 6.61 Å². The molecule has 1 aliphatic heterocycles. The van der Waals surface area contributed by atoms with Gasteiger partial charge in [0.25, 0.3) is 0 Å². The molecule has 1 aromatic rings. The van der Waals surface area contributed by atoms with Crippen LogP contribution in [0.25, 0.3) is 0 Å². The van der Waals surface area contributed by atoms with E-state index in [1.165, 1.54) is 0 Å². The maximum absolute atomic E-state index is 5.62. The first kappa shape index (κ1) is 9.96. The zero-order valence-electron chi connectivity index (χ0n) is 7.85. The summed E-state index contributed by atoms with van der Waals surface area (Å²) in [6.45, 7) is 2.06. The highest BCUT2D eigenvalue weighted by atomic mass is 32.1. The summed E-state index contributed by atoms with van der Waals surface area (Å²) in [5, 5.41) is 0.730. The molecule has 0 radical (unpaired) electrons. The molecule has 2 heterocycles. The summed E-state index contributed by atoms with van der Waals surface area (Å²) in [5.41, 5.74) is 0.921. The van der Waals surface area contributed by atoms with Crippen LogP contribution in [-0.4, -0.2) is 24.3 Å². The molecule has 0 amide bonds. The molecule has 1 unspecified atom stereocenters. The molecule has 3 nitrogen and oxygen atoms in total. The van der Waals surface area contributed by atoms with Crippen molar-refractivity contribution in [2.45, 2.75) is 24.2 Å². The standard InChI is InChI=1S/C10H13NO2S/c14-10-3-1-2-8(11-10)6-13-9-4-5-12-7-9/h1-3,9H,4-7H2,(H,11,14). The topological polar surface area (TPSA) is 31.4 Å². The Morgan fingerprint density at radius 3 is 3.21 bits per heavy atom. The Kier molecular flexibility index (Phi) is 3.39. The van der Waals surface area contributed by atoms with Gasteiger partial charge in [-0.15, -0.1) is 12.6 Å². The molecular formula is C10H13NO2S. The van der Waals surface area contributed by atoms with Gasteiger partial charge in [-0.3, -0.25) is 0 Å². The zero-order chi connectivity index (χ0) is 9.80. The predicted octanol–water partition coefficient (Wildman–Crippen LogP) is 1.68. The summed E-state index contributed by atoms with van der Waals surface area (Å²) in [5.74, 6) is 0. The second-order valence-corrected chi connectivity index (χ2v) is 3.74. The van der Waals surface area contributed by atoms with Gasteiger partial charge in [0.15, 0.2) is 0 Å². The Balaban J connectivity index is 1.85. The number of rotatable bonds is 3. The highest BCUT2D eigenvalue weighted by Crippen LogP contribution is 2.11. The third kappa shape index (κ3) is 2.70. The molecule has 14 heavy (non-hydrogen) atoms. The van der Waals surface area contributed by atoms with Crippen molar-refractivity contribution >= 4 is 12.6 Å². The summed E-state index contributed by atoms with van der Waals surface area (Å²) in [7, 11) is 0. The lowest BCUT2D eigenvalue weighted by molar-refractivity contribution is 0.0299. The van der Waals surface area contributed by atoms with E-state index in [2.05, 4.69) is 17.6 Å². The van der Waals surface area contributed by atoms with Gasteiger partial charge in [-0.05, 0) is 18.6 Å². The number of pyridine rings is 1. The Morgan fingerprint density at radius 1 is 1.57 bits per heavy atom. The monoisotopic (exact) mass is 211 g/mol. The van der Waals surface area contributed by atoms with Gasteiger partial charge in [0.2, 0.25) is 0 Å². The number of hydrogen-bond acceptors (Lipinski definition) is 4. The minimum absolute atomic E-state index is 0.236. The molecule has 1 atom stereocenters. The van der Waals surface area contributed by atoms with E-state index in [-0.39, 0.29) is 6.10 Å². The van der Waals surface area contributed by atoms with Crippen LogP contribution < -0.4 is 0 Å². The van der Waals surface area contributed by atoms with Crippen LogP contribution in [0.15, 0.2) is 23.2 Å². The zero-order valence-corrected chi connectivity index (χ0v) is 8.74. The lowest BCUT2D eigenvalue weighted by Gasteiger charge is -2.08. The third-order valence-electron chi connectivity index (χ3n) is 2.15. The quantitative estimate of drug-likeness (QED) is 0.772. The second kappa shape index (κ2) is 4.77. The van der Waals surface area contributed by atoms with Crippen molar-refractivity contribution in [2.24, 2.45) is 0 Å². The molecule has 1 aromatic heterocycles. The fourth-order valence-corrected chi connectivity index (χ4v) is 1.61. The largest absolute Gasteiger partial charge is 0.379 e. The summed E-state index contributed by atoms with van der Waals surface area (Å²) < 4.78 is 10.8. The molecule has 0 N–H and O–H groups in total. The van der Waals surface area contributed by atoms with Crippen LogP contribution in [0.1, 0.15) is 12.1 Å². The summed E-state index contributed by atoms with van der Waals surface area (Å²) in [4.78, 5) is 4.23. The first-order valence-corrected chi connectivity index (χ1v) is 5.13. The lowest BCUT2D eigenvalue weighted by atomic mass is 10.3. The molecule has 0 spiro atoms.